The molecule has 14 heavy (non-hydrogen) atoms. The van der Waals surface area contributed by atoms with Crippen molar-refractivity contribution in [2.24, 2.45) is 0 Å². The van der Waals surface area contributed by atoms with Crippen molar-refractivity contribution in [1.82, 2.24) is 4.98 Å². The first-order valence-corrected chi connectivity index (χ1v) is 3.71. The van der Waals surface area contributed by atoms with Crippen LogP contribution < -0.4 is 5.73 Å². The second-order valence-corrected chi connectivity index (χ2v) is 2.46. The number of anilines is 1. The average Bonchev–Trinajstić information content (AvgIpc) is 2.10. The molecule has 0 aromatic carbocycles. The van der Waals surface area contributed by atoms with Crippen molar-refractivity contribution in [2.75, 3.05) is 5.73 Å². The van der Waals surface area contributed by atoms with E-state index in [4.69, 9.17) is 10.8 Å². The van der Waals surface area contributed by atoms with Gasteiger partial charge in [0, 0.05) is 11.8 Å². The number of nitrogen functional groups attached to an aromatic ring is 1. The molecule has 1 heterocycles. The van der Waals surface area contributed by atoms with Gasteiger partial charge in [0.1, 0.15) is 6.42 Å². The molecule has 0 saturated carbocycles. The van der Waals surface area contributed by atoms with E-state index in [0.717, 1.165) is 6.07 Å². The maximum Gasteiger partial charge on any atom is 0.315 e. The van der Waals surface area contributed by atoms with Crippen LogP contribution in [0.2, 0.25) is 0 Å². The van der Waals surface area contributed by atoms with Crippen LogP contribution in [0.5, 0.6) is 0 Å². The van der Waals surface area contributed by atoms with Crippen LogP contribution >= 0.6 is 0 Å². The van der Waals surface area contributed by atoms with E-state index >= 15 is 0 Å². The molecule has 0 atom stereocenters. The lowest BCUT2D eigenvalue weighted by Gasteiger charge is -1.94. The van der Waals surface area contributed by atoms with Gasteiger partial charge in [0.05, 0.1) is 0 Å². The molecular weight excluding hydrogens is 187 g/mol. The van der Waals surface area contributed by atoms with Crippen LogP contribution in [0.15, 0.2) is 12.3 Å². The third-order valence-electron chi connectivity index (χ3n) is 1.34. The Bertz CT molecular complexity index is 421. The van der Waals surface area contributed by atoms with E-state index in [0.29, 0.717) is 5.56 Å². The van der Waals surface area contributed by atoms with Gasteiger partial charge >= 0.3 is 5.97 Å². The number of aliphatic carboxylic acids is 1. The number of carbonyl (C=O) groups is 1. The predicted octanol–water partition coefficient (Wildman–Crippen LogP) is 0.629. The number of nitrogens with zero attached hydrogens (tertiary/aromatic N) is 1. The summed E-state index contributed by atoms with van der Waals surface area (Å²) in [5.41, 5.74) is 5.44. The highest BCUT2D eigenvalue weighted by atomic mass is 19.1. The van der Waals surface area contributed by atoms with Gasteiger partial charge in [0.2, 0.25) is 0 Å². The fourth-order valence-electron chi connectivity index (χ4n) is 0.739. The number of pyridine rings is 1. The highest BCUT2D eigenvalue weighted by Gasteiger charge is 1.98. The smallest absolute Gasteiger partial charge is 0.315 e. The van der Waals surface area contributed by atoms with Gasteiger partial charge in [-0.15, -0.1) is 0 Å². The van der Waals surface area contributed by atoms with E-state index in [9.17, 15) is 9.18 Å². The molecule has 1 rings (SSSR count). The predicted molar refractivity (Wildman–Crippen MR) is 47.7 cm³/mol. The molecule has 1 aromatic heterocycles. The van der Waals surface area contributed by atoms with Gasteiger partial charge in [0.15, 0.2) is 11.6 Å². The van der Waals surface area contributed by atoms with Gasteiger partial charge in [-0.3, -0.25) is 4.79 Å². The van der Waals surface area contributed by atoms with Crippen molar-refractivity contribution in [3.05, 3.63) is 23.6 Å². The van der Waals surface area contributed by atoms with Gasteiger partial charge < -0.3 is 10.8 Å². The fourth-order valence-corrected chi connectivity index (χ4v) is 0.739. The molecule has 0 saturated heterocycles. The Kier molecular flexibility index (Phi) is 3.02. The van der Waals surface area contributed by atoms with Gasteiger partial charge in [-0.05, 0) is 6.07 Å². The molecule has 0 radical (unpaired) electrons. The molecule has 5 heteroatoms. The van der Waals surface area contributed by atoms with Crippen molar-refractivity contribution >= 4 is 11.8 Å². The topological polar surface area (TPSA) is 76.2 Å². The summed E-state index contributed by atoms with van der Waals surface area (Å²) < 4.78 is 12.8. The molecule has 0 aliphatic carbocycles. The third kappa shape index (κ3) is 2.75. The van der Waals surface area contributed by atoms with Crippen LogP contribution in [-0.2, 0) is 4.79 Å². The van der Waals surface area contributed by atoms with Crippen LogP contribution in [0.3, 0.4) is 0 Å². The minimum atomic E-state index is -1.03. The zero-order chi connectivity index (χ0) is 10.6. The van der Waals surface area contributed by atoms with Crippen LogP contribution in [0.25, 0.3) is 0 Å². The minimum Gasteiger partial charge on any atom is -0.481 e. The second kappa shape index (κ2) is 4.23. The summed E-state index contributed by atoms with van der Waals surface area (Å²) in [5.74, 6) is 2.92. The fraction of sp³-hybridized carbons (Fsp3) is 0.111. The number of aromatic nitrogens is 1. The SMILES string of the molecule is Nc1ncc(C#CCC(=O)O)cc1F. The molecule has 0 aliphatic rings. The number of rotatable bonds is 1. The normalized spacial score (nSPS) is 8.93. The molecule has 72 valence electrons. The lowest BCUT2D eigenvalue weighted by atomic mass is 10.2. The van der Waals surface area contributed by atoms with Crippen LogP contribution in [0.4, 0.5) is 10.2 Å². The highest BCUT2D eigenvalue weighted by molar-refractivity contribution is 5.70. The molecule has 0 bridgehead atoms. The van der Waals surface area contributed by atoms with E-state index in [-0.39, 0.29) is 12.2 Å². The van der Waals surface area contributed by atoms with Crippen LogP contribution in [0, 0.1) is 17.7 Å². The van der Waals surface area contributed by atoms with E-state index < -0.39 is 11.8 Å². The summed E-state index contributed by atoms with van der Waals surface area (Å²) in [6.45, 7) is 0. The average molecular weight is 194 g/mol. The molecule has 3 N–H and O–H groups in total. The first-order valence-electron chi connectivity index (χ1n) is 3.71. The van der Waals surface area contributed by atoms with Gasteiger partial charge in [0.25, 0.3) is 0 Å². The summed E-state index contributed by atoms with van der Waals surface area (Å²) in [6, 6.07) is 1.11. The number of nitrogens with two attached hydrogens (primary N) is 1. The molecule has 0 amide bonds. The van der Waals surface area contributed by atoms with Gasteiger partial charge in [-0.25, -0.2) is 9.37 Å². The van der Waals surface area contributed by atoms with Crippen molar-refractivity contribution in [3.8, 4) is 11.8 Å². The Hall–Kier alpha value is -2.09. The Morgan fingerprint density at radius 1 is 1.71 bits per heavy atom. The highest BCUT2D eigenvalue weighted by Crippen LogP contribution is 2.06. The molecule has 0 spiro atoms. The minimum absolute atomic E-state index is 0.200. The zero-order valence-electron chi connectivity index (χ0n) is 7.12. The molecule has 0 aliphatic heterocycles. The first kappa shape index (κ1) is 9.99. The second-order valence-electron chi connectivity index (χ2n) is 2.46. The van der Waals surface area contributed by atoms with E-state index in [1.54, 1.807) is 0 Å². The lowest BCUT2D eigenvalue weighted by Crippen LogP contribution is -1.95. The largest absolute Gasteiger partial charge is 0.481 e. The maximum absolute atomic E-state index is 12.8. The molecule has 4 nitrogen and oxygen atoms in total. The Morgan fingerprint density at radius 2 is 2.43 bits per heavy atom. The van der Waals surface area contributed by atoms with Gasteiger partial charge in [-0.1, -0.05) is 11.8 Å². The monoisotopic (exact) mass is 194 g/mol. The quantitative estimate of drug-likeness (QED) is 0.643. The van der Waals surface area contributed by atoms with Crippen LogP contribution in [-0.4, -0.2) is 16.1 Å². The number of carboxylic acid groups (broad SMARTS) is 1. The molecular formula is C9H7FN2O2. The molecule has 0 unspecified atom stereocenters. The zero-order valence-corrected chi connectivity index (χ0v) is 7.12. The molecule has 1 aromatic rings. The summed E-state index contributed by atoms with van der Waals surface area (Å²) >= 11 is 0. The number of hydrogen-bond acceptors (Lipinski definition) is 3. The van der Waals surface area contributed by atoms with E-state index in [1.807, 2.05) is 0 Å². The van der Waals surface area contributed by atoms with Crippen molar-refractivity contribution in [1.29, 1.82) is 0 Å². The maximum atomic E-state index is 12.8. The van der Waals surface area contributed by atoms with E-state index in [2.05, 4.69) is 16.8 Å². The van der Waals surface area contributed by atoms with Crippen molar-refractivity contribution in [2.45, 2.75) is 6.42 Å². The van der Waals surface area contributed by atoms with E-state index in [1.165, 1.54) is 6.20 Å². The standard InChI is InChI=1S/C9H7FN2O2/c10-7-4-6(5-12-9(7)11)2-1-3-8(13)14/h4-5H,3H2,(H2,11,12)(H,13,14). The number of halogens is 1. The van der Waals surface area contributed by atoms with Crippen molar-refractivity contribution < 1.29 is 14.3 Å². The summed E-state index contributed by atoms with van der Waals surface area (Å²) in [6.07, 6.45) is 0.999. The number of carboxylic acids is 1. The Balaban J connectivity index is 2.81. The Morgan fingerprint density at radius 3 is 3.00 bits per heavy atom. The van der Waals surface area contributed by atoms with Gasteiger partial charge in [-0.2, -0.15) is 0 Å². The first-order chi connectivity index (χ1) is 6.59. The summed E-state index contributed by atoms with van der Waals surface area (Å²) in [7, 11) is 0. The Labute approximate surface area is 79.6 Å². The third-order valence-corrected chi connectivity index (χ3v) is 1.34. The lowest BCUT2D eigenvalue weighted by molar-refractivity contribution is -0.135. The summed E-state index contributed by atoms with van der Waals surface area (Å²) in [5, 5.41) is 8.28. The number of hydrogen-bond donors (Lipinski definition) is 2. The van der Waals surface area contributed by atoms with Crippen LogP contribution in [0.1, 0.15) is 12.0 Å². The summed E-state index contributed by atoms with van der Waals surface area (Å²) in [4.78, 5) is 13.6. The van der Waals surface area contributed by atoms with Crippen molar-refractivity contribution in [3.63, 3.8) is 0 Å². The molecule has 0 fully saturated rings.